The van der Waals surface area contributed by atoms with Crippen LogP contribution in [0.3, 0.4) is 0 Å². The number of ether oxygens (including phenoxy) is 3. The number of esters is 1. The third-order valence-electron chi connectivity index (χ3n) is 2.39. The summed E-state index contributed by atoms with van der Waals surface area (Å²) in [5.74, 6) is 0.372. The number of rotatable bonds is 7. The molecule has 1 aromatic carbocycles. The van der Waals surface area contributed by atoms with Gasteiger partial charge in [-0.3, -0.25) is 0 Å². The molecule has 1 aromatic rings. The maximum Gasteiger partial charge on any atom is 0.344 e. The maximum atomic E-state index is 11.9. The molecule has 5 nitrogen and oxygen atoms in total. The van der Waals surface area contributed by atoms with E-state index in [1.54, 1.807) is 18.2 Å². The van der Waals surface area contributed by atoms with Crippen molar-refractivity contribution in [3.05, 3.63) is 23.8 Å². The molecule has 0 aliphatic rings. The third kappa shape index (κ3) is 4.79. The number of carbonyl (C=O) groups excluding carboxylic acids is 1. The smallest absolute Gasteiger partial charge is 0.344 e. The zero-order chi connectivity index (χ0) is 14.3. The van der Waals surface area contributed by atoms with E-state index in [2.05, 4.69) is 13.8 Å². The number of hydrogen-bond acceptors (Lipinski definition) is 5. The van der Waals surface area contributed by atoms with Crippen molar-refractivity contribution < 1.29 is 19.0 Å². The van der Waals surface area contributed by atoms with Crippen LogP contribution in [0, 0.1) is 5.92 Å². The number of nitrogens with two attached hydrogens (primary N) is 1. The van der Waals surface area contributed by atoms with Crippen LogP contribution in [-0.2, 0) is 9.47 Å². The van der Waals surface area contributed by atoms with Gasteiger partial charge < -0.3 is 19.9 Å². The topological polar surface area (TPSA) is 70.8 Å². The van der Waals surface area contributed by atoms with Crippen LogP contribution in [0.15, 0.2) is 18.2 Å². The summed E-state index contributed by atoms with van der Waals surface area (Å²) in [5.41, 5.74) is 6.35. The highest BCUT2D eigenvalue weighted by atomic mass is 16.6. The van der Waals surface area contributed by atoms with Crippen molar-refractivity contribution in [2.24, 2.45) is 5.92 Å². The van der Waals surface area contributed by atoms with Crippen molar-refractivity contribution in [1.29, 1.82) is 0 Å². The predicted molar refractivity (Wildman–Crippen MR) is 73.3 cm³/mol. The normalized spacial score (nSPS) is 10.5. The molecule has 0 amide bonds. The van der Waals surface area contributed by atoms with Gasteiger partial charge in [0.1, 0.15) is 17.9 Å². The summed E-state index contributed by atoms with van der Waals surface area (Å²) in [6.45, 7) is 5.33. The first-order valence-electron chi connectivity index (χ1n) is 6.23. The Morgan fingerprint density at radius 2 is 2.05 bits per heavy atom. The van der Waals surface area contributed by atoms with Crippen LogP contribution in [0.2, 0.25) is 0 Å². The van der Waals surface area contributed by atoms with E-state index < -0.39 is 5.97 Å². The molecule has 0 saturated heterocycles. The summed E-state index contributed by atoms with van der Waals surface area (Å²) in [4.78, 5) is 11.9. The van der Waals surface area contributed by atoms with Gasteiger partial charge in [0.05, 0.1) is 13.7 Å². The summed E-state index contributed by atoms with van der Waals surface area (Å²) in [6, 6.07) is 5.02. The first-order valence-corrected chi connectivity index (χ1v) is 6.23. The second-order valence-electron chi connectivity index (χ2n) is 4.53. The molecule has 0 heterocycles. The van der Waals surface area contributed by atoms with Gasteiger partial charge in [0, 0.05) is 12.3 Å². The fourth-order valence-corrected chi connectivity index (χ4v) is 1.52. The molecule has 2 N–H and O–H groups in total. The quantitative estimate of drug-likeness (QED) is 0.465. The van der Waals surface area contributed by atoms with Crippen molar-refractivity contribution >= 4 is 11.7 Å². The second kappa shape index (κ2) is 7.63. The molecular formula is C14H21NO4. The molecule has 0 aliphatic carbocycles. The summed E-state index contributed by atoms with van der Waals surface area (Å²) >= 11 is 0. The van der Waals surface area contributed by atoms with E-state index in [1.807, 2.05) is 0 Å². The maximum absolute atomic E-state index is 11.9. The van der Waals surface area contributed by atoms with Crippen LogP contribution in [0.5, 0.6) is 5.75 Å². The zero-order valence-electron chi connectivity index (χ0n) is 11.6. The van der Waals surface area contributed by atoms with E-state index in [0.717, 1.165) is 0 Å². The molecular weight excluding hydrogens is 246 g/mol. The molecule has 5 heteroatoms. The first-order chi connectivity index (χ1) is 9.06. The predicted octanol–water partition coefficient (Wildman–Crippen LogP) is 2.11. The van der Waals surface area contributed by atoms with Crippen LogP contribution in [-0.4, -0.2) is 32.9 Å². The molecule has 0 unspecified atom stereocenters. The highest BCUT2D eigenvalue weighted by Crippen LogP contribution is 2.24. The summed E-state index contributed by atoms with van der Waals surface area (Å²) < 4.78 is 15.5. The van der Waals surface area contributed by atoms with Gasteiger partial charge in [-0.1, -0.05) is 19.9 Å². The van der Waals surface area contributed by atoms with Gasteiger partial charge >= 0.3 is 5.97 Å². The number of benzene rings is 1. The van der Waals surface area contributed by atoms with Crippen LogP contribution in [0.4, 0.5) is 5.69 Å². The van der Waals surface area contributed by atoms with Gasteiger partial charge in [-0.25, -0.2) is 4.79 Å². The molecule has 106 valence electrons. The number of hydrogen-bond donors (Lipinski definition) is 1. The highest BCUT2D eigenvalue weighted by molar-refractivity contribution is 5.98. The van der Waals surface area contributed by atoms with Crippen LogP contribution in [0.25, 0.3) is 0 Å². The molecule has 0 aromatic heterocycles. The lowest BCUT2D eigenvalue weighted by Gasteiger charge is -2.11. The minimum atomic E-state index is -0.497. The summed E-state index contributed by atoms with van der Waals surface area (Å²) in [6.07, 6.45) is 0. The Balaban J connectivity index is 2.50. The van der Waals surface area contributed by atoms with Gasteiger partial charge in [0.2, 0.25) is 0 Å². The average Bonchev–Trinajstić information content (AvgIpc) is 2.37. The first kappa shape index (κ1) is 15.3. The standard InChI is InChI=1S/C14H21NO4/c1-10(2)9-18-7-8-19-14(16)13-11(15)5-4-6-12(13)17-3/h4-6,10H,7-9,15H2,1-3H3. The molecule has 0 spiro atoms. The molecule has 0 aliphatic heterocycles. The number of anilines is 1. The zero-order valence-corrected chi connectivity index (χ0v) is 11.6. The van der Waals surface area contributed by atoms with Crippen molar-refractivity contribution in [2.45, 2.75) is 13.8 Å². The van der Waals surface area contributed by atoms with E-state index in [-0.39, 0.29) is 12.2 Å². The molecule has 0 fully saturated rings. The van der Waals surface area contributed by atoms with Gasteiger partial charge in [-0.05, 0) is 18.1 Å². The molecule has 0 saturated carbocycles. The third-order valence-corrected chi connectivity index (χ3v) is 2.39. The monoisotopic (exact) mass is 267 g/mol. The Hall–Kier alpha value is -1.75. The van der Waals surface area contributed by atoms with Gasteiger partial charge in [0.15, 0.2) is 0 Å². The minimum Gasteiger partial charge on any atom is -0.496 e. The minimum absolute atomic E-state index is 0.197. The Kier molecular flexibility index (Phi) is 6.15. The Morgan fingerprint density at radius 3 is 2.68 bits per heavy atom. The van der Waals surface area contributed by atoms with E-state index in [0.29, 0.717) is 30.6 Å². The lowest BCUT2D eigenvalue weighted by molar-refractivity contribution is 0.0276. The second-order valence-corrected chi connectivity index (χ2v) is 4.53. The van der Waals surface area contributed by atoms with Crippen LogP contribution < -0.4 is 10.5 Å². The lowest BCUT2D eigenvalue weighted by atomic mass is 10.1. The van der Waals surface area contributed by atoms with Gasteiger partial charge in [-0.15, -0.1) is 0 Å². The summed E-state index contributed by atoms with van der Waals surface area (Å²) in [7, 11) is 1.48. The average molecular weight is 267 g/mol. The molecule has 19 heavy (non-hydrogen) atoms. The van der Waals surface area contributed by atoms with Crippen LogP contribution in [0.1, 0.15) is 24.2 Å². The Morgan fingerprint density at radius 1 is 1.32 bits per heavy atom. The van der Waals surface area contributed by atoms with Crippen molar-refractivity contribution in [1.82, 2.24) is 0 Å². The largest absolute Gasteiger partial charge is 0.496 e. The molecule has 1 rings (SSSR count). The molecule has 0 atom stereocenters. The van der Waals surface area contributed by atoms with Crippen molar-refractivity contribution in [3.8, 4) is 5.75 Å². The van der Waals surface area contributed by atoms with E-state index >= 15 is 0 Å². The van der Waals surface area contributed by atoms with E-state index in [4.69, 9.17) is 19.9 Å². The van der Waals surface area contributed by atoms with Crippen molar-refractivity contribution in [2.75, 3.05) is 32.7 Å². The lowest BCUT2D eigenvalue weighted by Crippen LogP contribution is -2.14. The van der Waals surface area contributed by atoms with E-state index in [9.17, 15) is 4.79 Å². The molecule has 0 radical (unpaired) electrons. The number of carbonyl (C=O) groups is 1. The fraction of sp³-hybridized carbons (Fsp3) is 0.500. The highest BCUT2D eigenvalue weighted by Gasteiger charge is 2.16. The van der Waals surface area contributed by atoms with Gasteiger partial charge in [0.25, 0.3) is 0 Å². The molecule has 0 bridgehead atoms. The fourth-order valence-electron chi connectivity index (χ4n) is 1.52. The van der Waals surface area contributed by atoms with Crippen LogP contribution >= 0.6 is 0 Å². The number of methoxy groups -OCH3 is 1. The Bertz CT molecular complexity index is 418. The van der Waals surface area contributed by atoms with Gasteiger partial charge in [-0.2, -0.15) is 0 Å². The summed E-state index contributed by atoms with van der Waals surface area (Å²) in [5, 5.41) is 0. The van der Waals surface area contributed by atoms with Crippen molar-refractivity contribution in [3.63, 3.8) is 0 Å². The SMILES string of the molecule is COc1cccc(N)c1C(=O)OCCOCC(C)C. The number of nitrogen functional groups attached to an aromatic ring is 1. The van der Waals surface area contributed by atoms with E-state index in [1.165, 1.54) is 7.11 Å². The Labute approximate surface area is 113 Å².